The number of aromatic nitrogens is 2. The first-order valence-electron chi connectivity index (χ1n) is 8.10. The maximum absolute atomic E-state index is 5.83. The average molecular weight is 335 g/mol. The summed E-state index contributed by atoms with van der Waals surface area (Å²) >= 11 is 1.62. The maximum Gasteiger partial charge on any atom is 0.241 e. The quantitative estimate of drug-likeness (QED) is 0.856. The third kappa shape index (κ3) is 3.19. The fourth-order valence-electron chi connectivity index (χ4n) is 3.41. The molecule has 2 aromatic rings. The van der Waals surface area contributed by atoms with Gasteiger partial charge in [0.25, 0.3) is 0 Å². The van der Waals surface area contributed by atoms with Crippen LogP contribution in [0.1, 0.15) is 25.7 Å². The Kier molecular flexibility index (Phi) is 4.19. The Hall–Kier alpha value is -1.28. The predicted molar refractivity (Wildman–Crippen MR) is 85.9 cm³/mol. The van der Waals surface area contributed by atoms with Crippen LogP contribution in [-0.2, 0) is 16.0 Å². The lowest BCUT2D eigenvalue weighted by Gasteiger charge is -2.39. The van der Waals surface area contributed by atoms with Crippen molar-refractivity contribution in [3.05, 3.63) is 23.4 Å². The Labute approximate surface area is 139 Å². The van der Waals surface area contributed by atoms with Crippen molar-refractivity contribution in [3.8, 4) is 10.7 Å². The number of piperidine rings is 1. The van der Waals surface area contributed by atoms with Gasteiger partial charge >= 0.3 is 0 Å². The molecule has 2 fully saturated rings. The van der Waals surface area contributed by atoms with Gasteiger partial charge in [0.05, 0.1) is 24.6 Å². The molecule has 2 aliphatic heterocycles. The Morgan fingerprint density at radius 2 is 2.26 bits per heavy atom. The fourth-order valence-corrected chi connectivity index (χ4v) is 4.06. The molecule has 2 saturated heterocycles. The van der Waals surface area contributed by atoms with Gasteiger partial charge in [-0.05, 0) is 37.8 Å². The number of hydrogen-bond donors (Lipinski definition) is 0. The largest absolute Gasteiger partial charge is 0.347 e. The Morgan fingerprint density at radius 3 is 3.04 bits per heavy atom. The van der Waals surface area contributed by atoms with E-state index in [1.165, 1.54) is 0 Å². The van der Waals surface area contributed by atoms with Gasteiger partial charge in [-0.1, -0.05) is 11.2 Å². The highest BCUT2D eigenvalue weighted by atomic mass is 32.1. The van der Waals surface area contributed by atoms with Gasteiger partial charge in [0.1, 0.15) is 0 Å². The first-order chi connectivity index (χ1) is 11.2. The van der Waals surface area contributed by atoms with Crippen molar-refractivity contribution in [3.63, 3.8) is 0 Å². The second kappa shape index (κ2) is 6.32. The number of hydrogen-bond acceptors (Lipinski definition) is 7. The van der Waals surface area contributed by atoms with E-state index in [0.29, 0.717) is 37.4 Å². The summed E-state index contributed by atoms with van der Waals surface area (Å²) in [5.41, 5.74) is 0. The summed E-state index contributed by atoms with van der Waals surface area (Å²) in [7, 11) is 0. The molecule has 0 aliphatic carbocycles. The second-order valence-electron chi connectivity index (χ2n) is 6.28. The third-order valence-corrected chi connectivity index (χ3v) is 5.54. The third-order valence-electron chi connectivity index (χ3n) is 4.68. The maximum atomic E-state index is 5.83. The highest BCUT2D eigenvalue weighted by Gasteiger charge is 2.41. The zero-order valence-corrected chi connectivity index (χ0v) is 14.1. The minimum atomic E-state index is -0.435. The van der Waals surface area contributed by atoms with Crippen molar-refractivity contribution in [1.29, 1.82) is 0 Å². The van der Waals surface area contributed by atoms with Gasteiger partial charge in [0, 0.05) is 12.5 Å². The van der Waals surface area contributed by atoms with Crippen molar-refractivity contribution in [2.24, 2.45) is 5.92 Å². The van der Waals surface area contributed by atoms with E-state index in [1.807, 2.05) is 17.5 Å². The van der Waals surface area contributed by atoms with Gasteiger partial charge in [0.15, 0.2) is 5.79 Å². The molecular weight excluding hydrogens is 314 g/mol. The van der Waals surface area contributed by atoms with Crippen molar-refractivity contribution < 1.29 is 14.0 Å². The van der Waals surface area contributed by atoms with Gasteiger partial charge < -0.3 is 14.0 Å². The monoisotopic (exact) mass is 335 g/mol. The fraction of sp³-hybridized carbons (Fsp3) is 0.625. The summed E-state index contributed by atoms with van der Waals surface area (Å²) < 4.78 is 17.1. The highest BCUT2D eigenvalue weighted by Crippen LogP contribution is 2.34. The van der Waals surface area contributed by atoms with Crippen LogP contribution in [0.2, 0.25) is 0 Å². The normalized spacial score (nSPS) is 25.0. The standard InChI is InChI=1S/C16H21N3O3S/c1-16(20-7-8-21-16)12-4-2-6-19(10-12)11-14-17-15(18-22-14)13-5-3-9-23-13/h3,5,9,12H,2,4,6-8,10-11H2,1H3/t12-/m0/s1. The van der Waals surface area contributed by atoms with Crippen molar-refractivity contribution in [1.82, 2.24) is 15.0 Å². The zero-order chi connectivity index (χ0) is 15.7. The summed E-state index contributed by atoms with van der Waals surface area (Å²) in [6.45, 7) is 6.12. The second-order valence-corrected chi connectivity index (χ2v) is 7.22. The molecule has 0 bridgehead atoms. The molecule has 4 rings (SSSR count). The van der Waals surface area contributed by atoms with E-state index in [0.717, 1.165) is 30.8 Å². The number of rotatable bonds is 4. The molecular formula is C16H21N3O3S. The Morgan fingerprint density at radius 1 is 1.39 bits per heavy atom. The van der Waals surface area contributed by atoms with Crippen LogP contribution in [0.5, 0.6) is 0 Å². The van der Waals surface area contributed by atoms with Gasteiger partial charge in [-0.15, -0.1) is 11.3 Å². The first kappa shape index (κ1) is 15.3. The predicted octanol–water partition coefficient (Wildman–Crippen LogP) is 2.77. The lowest BCUT2D eigenvalue weighted by Crippen LogP contribution is -2.46. The van der Waals surface area contributed by atoms with Crippen molar-refractivity contribution >= 4 is 11.3 Å². The van der Waals surface area contributed by atoms with E-state index < -0.39 is 5.79 Å². The van der Waals surface area contributed by atoms with Crippen LogP contribution in [-0.4, -0.2) is 47.1 Å². The molecule has 4 heterocycles. The van der Waals surface area contributed by atoms with Crippen molar-refractivity contribution in [2.45, 2.75) is 32.1 Å². The van der Waals surface area contributed by atoms with E-state index in [4.69, 9.17) is 14.0 Å². The summed E-state index contributed by atoms with van der Waals surface area (Å²) in [6.07, 6.45) is 2.27. The van der Waals surface area contributed by atoms with Gasteiger partial charge in [-0.25, -0.2) is 0 Å². The smallest absolute Gasteiger partial charge is 0.241 e. The summed E-state index contributed by atoms with van der Waals surface area (Å²) in [5, 5.41) is 6.10. The van der Waals surface area contributed by atoms with Gasteiger partial charge in [-0.3, -0.25) is 4.90 Å². The molecule has 0 radical (unpaired) electrons. The molecule has 0 N–H and O–H groups in total. The Bertz CT molecular complexity index is 637. The van der Waals surface area contributed by atoms with Crippen LogP contribution < -0.4 is 0 Å². The number of nitrogens with zero attached hydrogens (tertiary/aromatic N) is 3. The van der Waals surface area contributed by atoms with E-state index in [2.05, 4.69) is 22.0 Å². The topological polar surface area (TPSA) is 60.6 Å². The van der Waals surface area contributed by atoms with Crippen LogP contribution in [0, 0.1) is 5.92 Å². The summed E-state index contributed by atoms with van der Waals surface area (Å²) in [5.74, 6) is 1.30. The average Bonchev–Trinajstić information content (AvgIpc) is 3.28. The molecule has 0 saturated carbocycles. The van der Waals surface area contributed by atoms with Crippen LogP contribution in [0.4, 0.5) is 0 Å². The lowest BCUT2D eigenvalue weighted by molar-refractivity contribution is -0.192. The summed E-state index contributed by atoms with van der Waals surface area (Å²) in [4.78, 5) is 7.91. The SMILES string of the molecule is CC1([C@H]2CCCN(Cc3nc(-c4cccs4)no3)C2)OCCO1. The molecule has 0 amide bonds. The molecule has 2 aromatic heterocycles. The van der Waals surface area contributed by atoms with E-state index in [-0.39, 0.29) is 0 Å². The van der Waals surface area contributed by atoms with E-state index >= 15 is 0 Å². The molecule has 0 spiro atoms. The molecule has 0 unspecified atom stereocenters. The molecule has 124 valence electrons. The molecule has 7 heteroatoms. The number of thiophene rings is 1. The number of ether oxygens (including phenoxy) is 2. The van der Waals surface area contributed by atoms with E-state index in [9.17, 15) is 0 Å². The molecule has 2 aliphatic rings. The van der Waals surface area contributed by atoms with Crippen LogP contribution in [0.15, 0.2) is 22.0 Å². The van der Waals surface area contributed by atoms with Crippen LogP contribution in [0.3, 0.4) is 0 Å². The van der Waals surface area contributed by atoms with E-state index in [1.54, 1.807) is 11.3 Å². The number of likely N-dealkylation sites (tertiary alicyclic amines) is 1. The molecule has 1 atom stereocenters. The minimum Gasteiger partial charge on any atom is -0.347 e. The van der Waals surface area contributed by atoms with Crippen molar-refractivity contribution in [2.75, 3.05) is 26.3 Å². The highest BCUT2D eigenvalue weighted by molar-refractivity contribution is 7.13. The minimum absolute atomic E-state index is 0.387. The lowest BCUT2D eigenvalue weighted by atomic mass is 9.90. The Balaban J connectivity index is 1.41. The molecule has 6 nitrogen and oxygen atoms in total. The van der Waals surface area contributed by atoms with Crippen LogP contribution >= 0.6 is 11.3 Å². The van der Waals surface area contributed by atoms with Gasteiger partial charge in [0.2, 0.25) is 11.7 Å². The van der Waals surface area contributed by atoms with Gasteiger partial charge in [-0.2, -0.15) is 4.98 Å². The summed E-state index contributed by atoms with van der Waals surface area (Å²) in [6, 6.07) is 4.00. The molecule has 0 aromatic carbocycles. The molecule has 23 heavy (non-hydrogen) atoms. The zero-order valence-electron chi connectivity index (χ0n) is 13.2. The first-order valence-corrected chi connectivity index (χ1v) is 8.98. The van der Waals surface area contributed by atoms with Crippen LogP contribution in [0.25, 0.3) is 10.7 Å².